The van der Waals surface area contributed by atoms with Crippen molar-refractivity contribution in [2.75, 3.05) is 13.2 Å². The van der Waals surface area contributed by atoms with Crippen molar-refractivity contribution in [3.63, 3.8) is 0 Å². The van der Waals surface area contributed by atoms with Gasteiger partial charge in [0.2, 0.25) is 5.91 Å². The molecule has 1 aliphatic carbocycles. The third-order valence-corrected chi connectivity index (χ3v) is 4.33. The van der Waals surface area contributed by atoms with Gasteiger partial charge in [0.25, 0.3) is 0 Å². The summed E-state index contributed by atoms with van der Waals surface area (Å²) in [4.78, 5) is 14.3. The molecule has 0 radical (unpaired) electrons. The van der Waals surface area contributed by atoms with Gasteiger partial charge in [0, 0.05) is 13.0 Å². The number of aryl methyl sites for hydroxylation is 1. The molecule has 116 valence electrons. The Kier molecular flexibility index (Phi) is 4.59. The number of carbonyl (C=O) groups excluding carboxylic acids is 1. The predicted octanol–water partition coefficient (Wildman–Crippen LogP) is 2.72. The molecule has 3 rings (SSSR count). The first kappa shape index (κ1) is 14.9. The average molecular weight is 299 g/mol. The molecule has 2 aromatic rings. The lowest BCUT2D eigenvalue weighted by molar-refractivity contribution is -0.133. The molecule has 0 saturated carbocycles. The Labute approximate surface area is 130 Å². The van der Waals surface area contributed by atoms with Crippen molar-refractivity contribution in [2.45, 2.75) is 31.7 Å². The Bertz CT molecular complexity index is 621. The third kappa shape index (κ3) is 3.22. The number of rotatable bonds is 6. The Morgan fingerprint density at radius 3 is 2.91 bits per heavy atom. The molecular formula is C18H21NO3. The Morgan fingerprint density at radius 2 is 2.14 bits per heavy atom. The van der Waals surface area contributed by atoms with Crippen molar-refractivity contribution in [2.24, 2.45) is 0 Å². The van der Waals surface area contributed by atoms with E-state index in [0.29, 0.717) is 25.4 Å². The molecule has 1 amide bonds. The van der Waals surface area contributed by atoms with Crippen LogP contribution in [0.3, 0.4) is 0 Å². The van der Waals surface area contributed by atoms with E-state index in [1.165, 1.54) is 11.1 Å². The topological polar surface area (TPSA) is 53.7 Å². The minimum Gasteiger partial charge on any atom is -0.467 e. The molecule has 4 nitrogen and oxygen atoms in total. The number of hydrogen-bond acceptors (Lipinski definition) is 3. The summed E-state index contributed by atoms with van der Waals surface area (Å²) in [7, 11) is 0. The summed E-state index contributed by atoms with van der Waals surface area (Å²) in [6.07, 6.45) is 4.17. The number of nitrogens with zero attached hydrogens (tertiary/aromatic N) is 1. The highest BCUT2D eigenvalue weighted by Gasteiger charge is 2.26. The average Bonchev–Trinajstić information content (AvgIpc) is 3.17. The van der Waals surface area contributed by atoms with Gasteiger partial charge in [-0.3, -0.25) is 4.79 Å². The molecule has 1 atom stereocenters. The molecule has 1 aliphatic rings. The molecule has 1 aromatic carbocycles. The summed E-state index contributed by atoms with van der Waals surface area (Å²) < 4.78 is 5.31. The molecule has 0 aliphatic heterocycles. The summed E-state index contributed by atoms with van der Waals surface area (Å²) in [5.74, 6) is 1.11. The first-order valence-electron chi connectivity index (χ1n) is 7.76. The van der Waals surface area contributed by atoms with Crippen LogP contribution in [0.2, 0.25) is 0 Å². The van der Waals surface area contributed by atoms with Crippen LogP contribution in [0.25, 0.3) is 0 Å². The zero-order valence-corrected chi connectivity index (χ0v) is 12.6. The van der Waals surface area contributed by atoms with Crippen LogP contribution in [0, 0.1) is 0 Å². The van der Waals surface area contributed by atoms with E-state index in [1.54, 1.807) is 11.2 Å². The van der Waals surface area contributed by atoms with E-state index in [4.69, 9.17) is 4.42 Å². The second kappa shape index (κ2) is 6.79. The van der Waals surface area contributed by atoms with Crippen molar-refractivity contribution >= 4 is 5.91 Å². The number of furan rings is 1. The van der Waals surface area contributed by atoms with Crippen LogP contribution in [0.1, 0.15) is 35.6 Å². The van der Waals surface area contributed by atoms with Gasteiger partial charge < -0.3 is 14.4 Å². The van der Waals surface area contributed by atoms with Crippen LogP contribution in [0.4, 0.5) is 0 Å². The van der Waals surface area contributed by atoms with E-state index in [1.807, 2.05) is 18.2 Å². The minimum atomic E-state index is -0.0340. The van der Waals surface area contributed by atoms with E-state index < -0.39 is 0 Å². The summed E-state index contributed by atoms with van der Waals surface area (Å²) in [5.41, 5.74) is 2.66. The highest BCUT2D eigenvalue weighted by Crippen LogP contribution is 2.35. The first-order valence-corrected chi connectivity index (χ1v) is 7.76. The number of aliphatic hydroxyl groups excluding tert-OH is 1. The molecule has 0 bridgehead atoms. The summed E-state index contributed by atoms with van der Waals surface area (Å²) >= 11 is 0. The normalized spacial score (nSPS) is 16.5. The van der Waals surface area contributed by atoms with E-state index in [0.717, 1.165) is 18.6 Å². The predicted molar refractivity (Wildman–Crippen MR) is 83.3 cm³/mol. The van der Waals surface area contributed by atoms with Crippen molar-refractivity contribution in [3.05, 3.63) is 59.5 Å². The SMILES string of the molecule is O=C(C[C@H]1CCc2ccccc21)N(CCO)Cc1ccco1. The van der Waals surface area contributed by atoms with Gasteiger partial charge in [0.1, 0.15) is 5.76 Å². The van der Waals surface area contributed by atoms with E-state index in [9.17, 15) is 9.90 Å². The molecule has 22 heavy (non-hydrogen) atoms. The lowest BCUT2D eigenvalue weighted by Crippen LogP contribution is -2.33. The van der Waals surface area contributed by atoms with Crippen molar-refractivity contribution in [1.82, 2.24) is 4.90 Å². The molecule has 1 aromatic heterocycles. The molecule has 0 unspecified atom stereocenters. The van der Waals surface area contributed by atoms with Gasteiger partial charge in [-0.2, -0.15) is 0 Å². The minimum absolute atomic E-state index is 0.0340. The van der Waals surface area contributed by atoms with Crippen LogP contribution >= 0.6 is 0 Å². The fourth-order valence-corrected chi connectivity index (χ4v) is 3.20. The summed E-state index contributed by atoms with van der Waals surface area (Å²) in [6.45, 7) is 0.725. The van der Waals surface area contributed by atoms with Crippen LogP contribution in [0.5, 0.6) is 0 Å². The zero-order chi connectivity index (χ0) is 15.4. The maximum atomic E-state index is 12.6. The summed E-state index contributed by atoms with van der Waals surface area (Å²) in [6, 6.07) is 12.0. The standard InChI is InChI=1S/C18H21NO3/c20-10-9-19(13-16-5-3-11-22-16)18(21)12-15-8-7-14-4-1-2-6-17(14)15/h1-6,11,15,20H,7-10,12-13H2/t15-/m1/s1. The molecule has 0 fully saturated rings. The van der Waals surface area contributed by atoms with Crippen molar-refractivity contribution in [3.8, 4) is 0 Å². The number of aliphatic hydroxyl groups is 1. The van der Waals surface area contributed by atoms with E-state index >= 15 is 0 Å². The first-order chi connectivity index (χ1) is 10.8. The van der Waals surface area contributed by atoms with Crippen LogP contribution < -0.4 is 0 Å². The number of fused-ring (bicyclic) bond motifs is 1. The maximum absolute atomic E-state index is 12.6. The van der Waals surface area contributed by atoms with Crippen LogP contribution in [-0.4, -0.2) is 29.1 Å². The van der Waals surface area contributed by atoms with Gasteiger partial charge in [-0.25, -0.2) is 0 Å². The smallest absolute Gasteiger partial charge is 0.223 e. The zero-order valence-electron chi connectivity index (χ0n) is 12.6. The van der Waals surface area contributed by atoms with Gasteiger partial charge in [0.15, 0.2) is 0 Å². The van der Waals surface area contributed by atoms with Crippen molar-refractivity contribution < 1.29 is 14.3 Å². The number of amides is 1. The Morgan fingerprint density at radius 1 is 1.27 bits per heavy atom. The fraction of sp³-hybridized carbons (Fsp3) is 0.389. The molecule has 1 heterocycles. The molecule has 4 heteroatoms. The summed E-state index contributed by atoms with van der Waals surface area (Å²) in [5, 5.41) is 9.21. The van der Waals surface area contributed by atoms with Gasteiger partial charge in [-0.05, 0) is 42.0 Å². The highest BCUT2D eigenvalue weighted by molar-refractivity contribution is 5.77. The molecular weight excluding hydrogens is 278 g/mol. The van der Waals surface area contributed by atoms with Gasteiger partial charge in [0.05, 0.1) is 19.4 Å². The number of hydrogen-bond donors (Lipinski definition) is 1. The lowest BCUT2D eigenvalue weighted by atomic mass is 9.97. The lowest BCUT2D eigenvalue weighted by Gasteiger charge is -2.22. The molecule has 0 spiro atoms. The van der Waals surface area contributed by atoms with Gasteiger partial charge >= 0.3 is 0 Å². The maximum Gasteiger partial charge on any atom is 0.223 e. The highest BCUT2D eigenvalue weighted by atomic mass is 16.3. The van der Waals surface area contributed by atoms with Gasteiger partial charge in [-0.1, -0.05) is 24.3 Å². The van der Waals surface area contributed by atoms with Crippen molar-refractivity contribution in [1.29, 1.82) is 0 Å². The Balaban J connectivity index is 1.67. The van der Waals surface area contributed by atoms with Crippen LogP contribution in [-0.2, 0) is 17.8 Å². The van der Waals surface area contributed by atoms with E-state index in [2.05, 4.69) is 18.2 Å². The molecule has 1 N–H and O–H groups in total. The van der Waals surface area contributed by atoms with E-state index in [-0.39, 0.29) is 12.5 Å². The molecule has 0 saturated heterocycles. The van der Waals surface area contributed by atoms with Crippen LogP contribution in [0.15, 0.2) is 47.1 Å². The second-order valence-electron chi connectivity index (χ2n) is 5.76. The second-order valence-corrected chi connectivity index (χ2v) is 5.76. The Hall–Kier alpha value is -2.07. The number of benzene rings is 1. The monoisotopic (exact) mass is 299 g/mol. The largest absolute Gasteiger partial charge is 0.467 e. The third-order valence-electron chi connectivity index (χ3n) is 4.33. The number of carbonyl (C=O) groups is 1. The fourth-order valence-electron chi connectivity index (χ4n) is 3.20. The quantitative estimate of drug-likeness (QED) is 0.892. The van der Waals surface area contributed by atoms with Gasteiger partial charge in [-0.15, -0.1) is 0 Å².